The number of ether oxygens (including phenoxy) is 1. The molecule has 0 amide bonds. The Kier molecular flexibility index (Phi) is 4.96. The molecule has 1 nitrogen and oxygen atoms in total. The van der Waals surface area contributed by atoms with Gasteiger partial charge in [0.05, 0.1) is 4.47 Å². The minimum absolute atomic E-state index is 0.393. The van der Waals surface area contributed by atoms with Crippen LogP contribution in [-0.4, -0.2) is 5.05 Å². The first-order valence-corrected chi connectivity index (χ1v) is 6.73. The van der Waals surface area contributed by atoms with Gasteiger partial charge in [-0.3, -0.25) is 0 Å². The molecule has 0 N–H and O–H groups in total. The Bertz CT molecular complexity index is 429. The molecule has 0 unspecified atom stereocenters. The van der Waals surface area contributed by atoms with Crippen molar-refractivity contribution in [3.8, 4) is 5.75 Å². The zero-order valence-corrected chi connectivity index (χ0v) is 13.4. The van der Waals surface area contributed by atoms with Crippen molar-refractivity contribution in [2.75, 3.05) is 0 Å². The van der Waals surface area contributed by atoms with Crippen molar-refractivity contribution in [3.63, 3.8) is 0 Å². The summed E-state index contributed by atoms with van der Waals surface area (Å²) < 4.78 is 8.14. The van der Waals surface area contributed by atoms with Gasteiger partial charge in [-0.1, -0.05) is 6.58 Å². The summed E-state index contributed by atoms with van der Waals surface area (Å²) in [6.07, 6.45) is 0. The molecule has 0 fully saturated rings. The van der Waals surface area contributed by atoms with Crippen LogP contribution in [0.3, 0.4) is 0 Å². The zero-order valence-electron chi connectivity index (χ0n) is 7.81. The highest BCUT2D eigenvalue weighted by Gasteiger charge is 2.10. The predicted molar refractivity (Wildman–Crippen MR) is 77.6 cm³/mol. The van der Waals surface area contributed by atoms with Crippen molar-refractivity contribution in [1.82, 2.24) is 0 Å². The molecule has 0 radical (unpaired) electrons. The fraction of sp³-hybridized carbons (Fsp3) is 0.100. The molecular formula is C10H7Br3OS. The lowest BCUT2D eigenvalue weighted by Gasteiger charge is -2.10. The number of halogens is 3. The molecule has 0 aliphatic heterocycles. The van der Waals surface area contributed by atoms with Gasteiger partial charge in [-0.2, -0.15) is 0 Å². The maximum absolute atomic E-state index is 5.48. The van der Waals surface area contributed by atoms with Crippen molar-refractivity contribution in [1.29, 1.82) is 0 Å². The van der Waals surface area contributed by atoms with E-state index in [1.54, 1.807) is 0 Å². The second-order valence-corrected chi connectivity index (χ2v) is 5.65. The Balaban J connectivity index is 3.02. The normalized spacial score (nSPS) is 9.87. The molecule has 0 spiro atoms. The maximum atomic E-state index is 5.48. The van der Waals surface area contributed by atoms with Crippen molar-refractivity contribution in [3.05, 3.63) is 37.7 Å². The summed E-state index contributed by atoms with van der Waals surface area (Å²) in [6, 6.07) is 3.71. The molecule has 0 atom stereocenters. The number of thiocarbonyl (C=S) groups is 1. The molecule has 0 aliphatic carbocycles. The lowest BCUT2D eigenvalue weighted by Crippen LogP contribution is -2.06. The van der Waals surface area contributed by atoms with E-state index in [1.165, 1.54) is 0 Å². The molecule has 0 aromatic heterocycles. The molecule has 0 saturated carbocycles. The molecule has 1 rings (SSSR count). The molecule has 1 aromatic carbocycles. The topological polar surface area (TPSA) is 9.23 Å². The molecule has 0 saturated heterocycles. The van der Waals surface area contributed by atoms with Gasteiger partial charge in [0.25, 0.3) is 0 Å². The van der Waals surface area contributed by atoms with Gasteiger partial charge in [0, 0.05) is 8.95 Å². The van der Waals surface area contributed by atoms with Crippen LogP contribution >= 0.6 is 60.0 Å². The quantitative estimate of drug-likeness (QED) is 0.371. The predicted octanol–water partition coefficient (Wildman–Crippen LogP) is 5.26. The Morgan fingerprint density at radius 3 is 2.40 bits per heavy atom. The first-order chi connectivity index (χ1) is 6.93. The summed E-state index contributed by atoms with van der Waals surface area (Å²) in [5.41, 5.74) is 0.732. The highest BCUT2D eigenvalue weighted by atomic mass is 79.9. The third-order valence-corrected chi connectivity index (χ3v) is 5.32. The molecule has 0 aliphatic rings. The summed E-state index contributed by atoms with van der Waals surface area (Å²) in [5.74, 6) is 0.665. The second kappa shape index (κ2) is 5.57. The van der Waals surface area contributed by atoms with E-state index in [4.69, 9.17) is 17.0 Å². The van der Waals surface area contributed by atoms with Crippen molar-refractivity contribution >= 4 is 65.1 Å². The second-order valence-electron chi connectivity index (χ2n) is 2.84. The van der Waals surface area contributed by atoms with Gasteiger partial charge in [0.2, 0.25) is 0 Å². The minimum Gasteiger partial charge on any atom is -0.444 e. The lowest BCUT2D eigenvalue weighted by atomic mass is 10.3. The summed E-state index contributed by atoms with van der Waals surface area (Å²) in [5, 5.41) is 0.393. The SMILES string of the molecule is C=C(C)C(=S)Oc1ccc(Br)c(Br)c1Br. The Labute approximate surface area is 119 Å². The van der Waals surface area contributed by atoms with Crippen LogP contribution in [0.15, 0.2) is 37.7 Å². The maximum Gasteiger partial charge on any atom is 0.193 e. The van der Waals surface area contributed by atoms with Crippen LogP contribution in [-0.2, 0) is 0 Å². The van der Waals surface area contributed by atoms with Gasteiger partial charge < -0.3 is 4.74 Å². The zero-order chi connectivity index (χ0) is 11.6. The molecule has 80 valence electrons. The van der Waals surface area contributed by atoms with E-state index in [0.717, 1.165) is 19.0 Å². The Morgan fingerprint density at radius 1 is 1.27 bits per heavy atom. The number of benzene rings is 1. The van der Waals surface area contributed by atoms with Gasteiger partial charge >= 0.3 is 0 Å². The van der Waals surface area contributed by atoms with E-state index in [-0.39, 0.29) is 0 Å². The van der Waals surface area contributed by atoms with Crippen molar-refractivity contribution in [2.24, 2.45) is 0 Å². The Morgan fingerprint density at radius 2 is 1.87 bits per heavy atom. The van der Waals surface area contributed by atoms with Crippen molar-refractivity contribution in [2.45, 2.75) is 6.92 Å². The smallest absolute Gasteiger partial charge is 0.193 e. The highest BCUT2D eigenvalue weighted by molar-refractivity contribution is 9.14. The van der Waals surface area contributed by atoms with Crippen molar-refractivity contribution < 1.29 is 4.74 Å². The fourth-order valence-corrected chi connectivity index (χ4v) is 2.21. The van der Waals surface area contributed by atoms with E-state index in [0.29, 0.717) is 10.8 Å². The van der Waals surface area contributed by atoms with Gasteiger partial charge in [-0.05, 0) is 84.6 Å². The monoisotopic (exact) mass is 412 g/mol. The first-order valence-electron chi connectivity index (χ1n) is 3.94. The van der Waals surface area contributed by atoms with E-state index < -0.39 is 0 Å². The van der Waals surface area contributed by atoms with Crippen LogP contribution in [0, 0.1) is 0 Å². The standard InChI is InChI=1S/C10H7Br3OS/c1-5(2)10(15)14-7-4-3-6(11)8(12)9(7)13/h3-4H,1H2,2H3. The van der Waals surface area contributed by atoms with E-state index in [1.807, 2.05) is 19.1 Å². The third-order valence-electron chi connectivity index (χ3n) is 1.55. The molecule has 5 heteroatoms. The van der Waals surface area contributed by atoms with E-state index in [2.05, 4.69) is 54.4 Å². The van der Waals surface area contributed by atoms with Crippen LogP contribution in [0.4, 0.5) is 0 Å². The number of hydrogen-bond donors (Lipinski definition) is 0. The molecule has 0 heterocycles. The first kappa shape index (κ1) is 13.4. The van der Waals surface area contributed by atoms with Crippen LogP contribution in [0.5, 0.6) is 5.75 Å². The Hall–Kier alpha value is 0.290. The fourth-order valence-electron chi connectivity index (χ4n) is 0.774. The van der Waals surface area contributed by atoms with Gasteiger partial charge in [-0.25, -0.2) is 0 Å². The average molecular weight is 415 g/mol. The summed E-state index contributed by atoms with van der Waals surface area (Å²) in [6.45, 7) is 5.53. The lowest BCUT2D eigenvalue weighted by molar-refractivity contribution is 0.560. The molecule has 1 aromatic rings. The van der Waals surface area contributed by atoms with Crippen LogP contribution in [0.2, 0.25) is 0 Å². The number of rotatable bonds is 2. The van der Waals surface area contributed by atoms with Gasteiger partial charge in [0.1, 0.15) is 5.75 Å². The summed E-state index contributed by atoms with van der Waals surface area (Å²) in [4.78, 5) is 0. The third kappa shape index (κ3) is 3.37. The van der Waals surface area contributed by atoms with Crippen LogP contribution in [0.1, 0.15) is 6.92 Å². The summed E-state index contributed by atoms with van der Waals surface area (Å²) in [7, 11) is 0. The molecular weight excluding hydrogens is 408 g/mol. The summed E-state index contributed by atoms with van der Waals surface area (Å²) >= 11 is 15.3. The van der Waals surface area contributed by atoms with Gasteiger partial charge in [-0.15, -0.1) is 0 Å². The largest absolute Gasteiger partial charge is 0.444 e. The number of hydrogen-bond acceptors (Lipinski definition) is 2. The molecule has 15 heavy (non-hydrogen) atoms. The average Bonchev–Trinajstić information content (AvgIpc) is 2.18. The molecule has 0 bridgehead atoms. The van der Waals surface area contributed by atoms with E-state index >= 15 is 0 Å². The van der Waals surface area contributed by atoms with Gasteiger partial charge in [0.15, 0.2) is 5.05 Å². The van der Waals surface area contributed by atoms with Crippen LogP contribution in [0.25, 0.3) is 0 Å². The highest BCUT2D eigenvalue weighted by Crippen LogP contribution is 2.38. The van der Waals surface area contributed by atoms with E-state index in [9.17, 15) is 0 Å². The van der Waals surface area contributed by atoms with Crippen LogP contribution < -0.4 is 4.74 Å². The minimum atomic E-state index is 0.393.